The lowest BCUT2D eigenvalue weighted by atomic mass is 10.1. The Morgan fingerprint density at radius 3 is 2.44 bits per heavy atom. The molecule has 27 heavy (non-hydrogen) atoms. The second-order valence-corrected chi connectivity index (χ2v) is 5.83. The summed E-state index contributed by atoms with van der Waals surface area (Å²) in [6.45, 7) is 1.64. The molecule has 1 N–H and O–H groups in total. The number of hydrogen-bond acceptors (Lipinski definition) is 2. The lowest BCUT2D eigenvalue weighted by molar-refractivity contribution is -0.137. The molecule has 0 aliphatic rings. The van der Waals surface area contributed by atoms with Gasteiger partial charge >= 0.3 is 6.18 Å². The Morgan fingerprint density at radius 2 is 1.74 bits per heavy atom. The smallest absolute Gasteiger partial charge is 0.307 e. The number of nitrogens with zero attached hydrogens (tertiary/aromatic N) is 2. The van der Waals surface area contributed by atoms with Crippen molar-refractivity contribution in [2.24, 2.45) is 0 Å². The van der Waals surface area contributed by atoms with Crippen LogP contribution in [0.1, 0.15) is 16.8 Å². The third-order valence-corrected chi connectivity index (χ3v) is 3.75. The van der Waals surface area contributed by atoms with Crippen molar-refractivity contribution >= 4 is 17.8 Å². The lowest BCUT2D eigenvalue weighted by Gasteiger charge is -2.14. The molecule has 0 spiro atoms. The molecule has 3 rings (SSSR count). The summed E-state index contributed by atoms with van der Waals surface area (Å²) in [6.07, 6.45) is -1.60. The highest BCUT2D eigenvalue weighted by atomic mass is 19.4. The fourth-order valence-corrected chi connectivity index (χ4v) is 2.57. The number of para-hydroxylation sites is 1. The van der Waals surface area contributed by atoms with Gasteiger partial charge in [-0.25, -0.2) is 4.68 Å². The van der Waals surface area contributed by atoms with Crippen LogP contribution in [-0.2, 0) is 11.0 Å². The minimum Gasteiger partial charge on any atom is -0.307 e. The number of benzene rings is 2. The van der Waals surface area contributed by atoms with Crippen molar-refractivity contribution in [3.05, 3.63) is 83.6 Å². The van der Waals surface area contributed by atoms with Gasteiger partial charge < -0.3 is 5.32 Å². The summed E-state index contributed by atoms with van der Waals surface area (Å²) >= 11 is 0. The Hall–Kier alpha value is -3.35. The van der Waals surface area contributed by atoms with Gasteiger partial charge in [0.15, 0.2) is 0 Å². The lowest BCUT2D eigenvalue weighted by Crippen LogP contribution is -2.16. The maximum absolute atomic E-state index is 13.3. The zero-order chi connectivity index (χ0) is 19.4. The first-order valence-corrected chi connectivity index (χ1v) is 8.12. The molecule has 0 radical (unpaired) electrons. The van der Waals surface area contributed by atoms with Gasteiger partial charge in [-0.15, -0.1) is 0 Å². The number of carbonyl (C=O) groups excluding carboxylic acids is 1. The summed E-state index contributed by atoms with van der Waals surface area (Å²) in [7, 11) is 0. The normalized spacial score (nSPS) is 11.7. The third kappa shape index (κ3) is 4.44. The van der Waals surface area contributed by atoms with E-state index < -0.39 is 17.6 Å². The average molecular weight is 371 g/mol. The maximum atomic E-state index is 13.3. The summed E-state index contributed by atoms with van der Waals surface area (Å²) in [5.41, 5.74) is 0.331. The number of alkyl halides is 3. The Bertz CT molecular complexity index is 976. The first-order valence-electron chi connectivity index (χ1n) is 8.12. The van der Waals surface area contributed by atoms with Gasteiger partial charge in [-0.1, -0.05) is 42.5 Å². The molecule has 0 unspecified atom stereocenters. The van der Waals surface area contributed by atoms with Gasteiger partial charge in [0.05, 0.1) is 16.9 Å². The van der Waals surface area contributed by atoms with Gasteiger partial charge in [0.25, 0.3) is 0 Å². The number of anilines is 1. The molecule has 0 atom stereocenters. The zero-order valence-electron chi connectivity index (χ0n) is 14.4. The van der Waals surface area contributed by atoms with Gasteiger partial charge in [0.1, 0.15) is 5.82 Å². The molecule has 1 aromatic heterocycles. The molecule has 138 valence electrons. The monoisotopic (exact) mass is 371 g/mol. The molecule has 0 saturated carbocycles. The first kappa shape index (κ1) is 18.4. The summed E-state index contributed by atoms with van der Waals surface area (Å²) in [5.74, 6) is -0.309. The molecule has 7 heteroatoms. The van der Waals surface area contributed by atoms with Crippen molar-refractivity contribution < 1.29 is 18.0 Å². The molecule has 0 saturated heterocycles. The molecule has 1 amide bonds. The fraction of sp³-hybridized carbons (Fsp3) is 0.100. The van der Waals surface area contributed by atoms with E-state index >= 15 is 0 Å². The molecule has 1 heterocycles. The highest BCUT2D eigenvalue weighted by Crippen LogP contribution is 2.34. The summed E-state index contributed by atoms with van der Waals surface area (Å²) in [4.78, 5) is 12.2. The minimum atomic E-state index is -4.54. The van der Waals surface area contributed by atoms with Crippen molar-refractivity contribution in [2.75, 3.05) is 5.32 Å². The van der Waals surface area contributed by atoms with Crippen molar-refractivity contribution in [3.63, 3.8) is 0 Å². The minimum absolute atomic E-state index is 0.152. The molecule has 0 fully saturated rings. The molecule has 3 aromatic rings. The van der Waals surface area contributed by atoms with E-state index in [1.54, 1.807) is 13.0 Å². The van der Waals surface area contributed by atoms with Crippen LogP contribution in [0, 0.1) is 6.92 Å². The SMILES string of the molecule is Cc1cc(NC(=O)C=Cc2ccccc2)n(-c2ccccc2C(F)(F)F)n1. The van der Waals surface area contributed by atoms with Gasteiger partial charge in [-0.2, -0.15) is 18.3 Å². The summed E-state index contributed by atoms with van der Waals surface area (Å²) < 4.78 is 41.0. The number of halogens is 3. The van der Waals surface area contributed by atoms with Gasteiger partial charge in [-0.3, -0.25) is 4.79 Å². The second-order valence-electron chi connectivity index (χ2n) is 5.83. The molecule has 2 aromatic carbocycles. The Labute approximate surface area is 153 Å². The van der Waals surface area contributed by atoms with E-state index in [9.17, 15) is 18.0 Å². The largest absolute Gasteiger partial charge is 0.418 e. The number of rotatable bonds is 4. The molecular weight excluding hydrogens is 355 g/mol. The Morgan fingerprint density at radius 1 is 1.07 bits per heavy atom. The molecule has 4 nitrogen and oxygen atoms in total. The Kier molecular flexibility index (Phi) is 5.12. The van der Waals surface area contributed by atoms with Crippen LogP contribution >= 0.6 is 0 Å². The molecule has 0 bridgehead atoms. The standard InChI is InChI=1S/C20H16F3N3O/c1-14-13-18(24-19(27)12-11-15-7-3-2-4-8-15)26(25-14)17-10-6-5-9-16(17)20(21,22)23/h2-13H,1H3,(H,24,27). The molecular formula is C20H16F3N3O. The Balaban J connectivity index is 1.90. The van der Waals surface area contributed by atoms with Crippen LogP contribution in [0.4, 0.5) is 19.0 Å². The van der Waals surface area contributed by atoms with Crippen LogP contribution in [0.15, 0.2) is 66.7 Å². The van der Waals surface area contributed by atoms with Gasteiger partial charge in [-0.05, 0) is 30.7 Å². The summed E-state index contributed by atoms with van der Waals surface area (Å²) in [6, 6.07) is 15.8. The average Bonchev–Trinajstić information content (AvgIpc) is 3.00. The third-order valence-electron chi connectivity index (χ3n) is 3.75. The van der Waals surface area contributed by atoms with Crippen LogP contribution < -0.4 is 5.32 Å². The summed E-state index contributed by atoms with van der Waals surface area (Å²) in [5, 5.41) is 6.69. The van der Waals surface area contributed by atoms with Crippen LogP contribution in [-0.4, -0.2) is 15.7 Å². The van der Waals surface area contributed by atoms with E-state index in [4.69, 9.17) is 0 Å². The topological polar surface area (TPSA) is 46.9 Å². The van der Waals surface area contributed by atoms with Gasteiger partial charge in [0, 0.05) is 12.1 Å². The van der Waals surface area contributed by atoms with Crippen molar-refractivity contribution in [1.82, 2.24) is 9.78 Å². The molecule has 0 aliphatic heterocycles. The van der Waals surface area contributed by atoms with Crippen LogP contribution in [0.2, 0.25) is 0 Å². The highest BCUT2D eigenvalue weighted by molar-refractivity contribution is 6.01. The zero-order valence-corrected chi connectivity index (χ0v) is 14.4. The van der Waals surface area contributed by atoms with Crippen molar-refractivity contribution in [1.29, 1.82) is 0 Å². The van der Waals surface area contributed by atoms with Crippen LogP contribution in [0.3, 0.4) is 0 Å². The van der Waals surface area contributed by atoms with E-state index in [-0.39, 0.29) is 11.5 Å². The van der Waals surface area contributed by atoms with E-state index in [1.807, 2.05) is 30.3 Å². The quantitative estimate of drug-likeness (QED) is 0.667. The van der Waals surface area contributed by atoms with E-state index in [0.717, 1.165) is 16.3 Å². The van der Waals surface area contributed by atoms with Crippen LogP contribution in [0.25, 0.3) is 11.8 Å². The highest BCUT2D eigenvalue weighted by Gasteiger charge is 2.34. The fourth-order valence-electron chi connectivity index (χ4n) is 2.57. The van der Waals surface area contributed by atoms with Crippen LogP contribution in [0.5, 0.6) is 0 Å². The number of carbonyl (C=O) groups is 1. The van der Waals surface area contributed by atoms with E-state index in [0.29, 0.717) is 5.69 Å². The number of aromatic nitrogens is 2. The van der Waals surface area contributed by atoms with Gasteiger partial charge in [0.2, 0.25) is 5.91 Å². The predicted octanol–water partition coefficient (Wildman–Crippen LogP) is 4.85. The van der Waals surface area contributed by atoms with Crippen molar-refractivity contribution in [2.45, 2.75) is 13.1 Å². The number of nitrogens with one attached hydrogen (secondary N) is 1. The van der Waals surface area contributed by atoms with Crippen molar-refractivity contribution in [3.8, 4) is 5.69 Å². The second kappa shape index (κ2) is 7.49. The van der Waals surface area contributed by atoms with E-state index in [2.05, 4.69) is 10.4 Å². The number of amides is 1. The van der Waals surface area contributed by atoms with E-state index in [1.165, 1.54) is 30.3 Å². The molecule has 0 aliphatic carbocycles. The number of aryl methyl sites for hydroxylation is 1. The predicted molar refractivity (Wildman–Crippen MR) is 97.4 cm³/mol. The maximum Gasteiger partial charge on any atom is 0.418 e. The first-order chi connectivity index (χ1) is 12.8. The number of hydrogen-bond donors (Lipinski definition) is 1.